The molecule has 0 radical (unpaired) electrons. The van der Waals surface area contributed by atoms with Gasteiger partial charge in [-0.15, -0.1) is 0 Å². The van der Waals surface area contributed by atoms with E-state index in [4.69, 9.17) is 17.0 Å². The fourth-order valence-electron chi connectivity index (χ4n) is 3.33. The fraction of sp³-hybridized carbons (Fsp3) is 0.364. The highest BCUT2D eigenvalue weighted by molar-refractivity contribution is 7.80. The highest BCUT2D eigenvalue weighted by Gasteiger charge is 2.32. The number of anilines is 2. The fourth-order valence-corrected chi connectivity index (χ4v) is 3.53. The monoisotopic (exact) mass is 451 g/mol. The van der Waals surface area contributed by atoms with Gasteiger partial charge in [0.1, 0.15) is 5.75 Å². The number of halogens is 3. The number of alkyl halides is 3. The Balaban J connectivity index is 1.73. The van der Waals surface area contributed by atoms with Crippen LogP contribution in [0.4, 0.5) is 24.5 Å². The van der Waals surface area contributed by atoms with Crippen molar-refractivity contribution in [3.8, 4) is 5.75 Å². The van der Waals surface area contributed by atoms with Crippen LogP contribution >= 0.6 is 12.2 Å². The number of carbonyl (C=O) groups excluding carboxylic acids is 1. The van der Waals surface area contributed by atoms with Crippen LogP contribution < -0.4 is 20.3 Å². The van der Waals surface area contributed by atoms with Gasteiger partial charge in [-0.05, 0) is 81.4 Å². The number of carbonyl (C=O) groups is 1. The lowest BCUT2D eigenvalue weighted by atomic mass is 10.1. The van der Waals surface area contributed by atoms with Crippen molar-refractivity contribution in [2.24, 2.45) is 0 Å². The topological polar surface area (TPSA) is 53.6 Å². The van der Waals surface area contributed by atoms with E-state index in [0.717, 1.165) is 38.1 Å². The summed E-state index contributed by atoms with van der Waals surface area (Å²) in [6.45, 7) is 5.30. The van der Waals surface area contributed by atoms with Crippen LogP contribution in [0, 0.1) is 0 Å². The van der Waals surface area contributed by atoms with Crippen LogP contribution in [0.25, 0.3) is 0 Å². The number of hydrogen-bond acceptors (Lipinski definition) is 4. The summed E-state index contributed by atoms with van der Waals surface area (Å²) in [6.07, 6.45) is -2.53. The molecule has 0 aliphatic carbocycles. The highest BCUT2D eigenvalue weighted by Crippen LogP contribution is 2.36. The molecule has 166 valence electrons. The molecule has 1 aliphatic rings. The molecule has 9 heteroatoms. The first-order chi connectivity index (χ1) is 14.6. The van der Waals surface area contributed by atoms with E-state index in [9.17, 15) is 18.0 Å². The standard InChI is InChI=1S/C22H24F3N3O2S/c1-14(2)30-17-8-5-15(6-9-17)20(29)27-21(31)26-18-13-16(22(23,24)25)7-10-19(18)28-11-3-4-12-28/h5-10,13-14H,3-4,11-12H2,1-2H3,(H2,26,27,29,31). The van der Waals surface area contributed by atoms with E-state index in [-0.39, 0.29) is 16.9 Å². The molecule has 1 saturated heterocycles. The van der Waals surface area contributed by atoms with E-state index >= 15 is 0 Å². The average Bonchev–Trinajstić information content (AvgIpc) is 3.21. The summed E-state index contributed by atoms with van der Waals surface area (Å²) in [5, 5.41) is 5.22. The Morgan fingerprint density at radius 3 is 2.32 bits per heavy atom. The minimum atomic E-state index is -4.48. The van der Waals surface area contributed by atoms with Crippen LogP contribution in [-0.2, 0) is 6.18 Å². The van der Waals surface area contributed by atoms with Crippen molar-refractivity contribution in [2.45, 2.75) is 39.0 Å². The molecule has 1 aliphatic heterocycles. The Labute approximate surface area is 184 Å². The lowest BCUT2D eigenvalue weighted by Gasteiger charge is -2.23. The predicted octanol–water partition coefficient (Wildman–Crippen LogP) is 5.22. The van der Waals surface area contributed by atoms with Crippen LogP contribution in [0.2, 0.25) is 0 Å². The van der Waals surface area contributed by atoms with E-state index in [0.29, 0.717) is 17.0 Å². The molecule has 0 aromatic heterocycles. The van der Waals surface area contributed by atoms with Crippen molar-refractivity contribution in [3.05, 3.63) is 53.6 Å². The first-order valence-corrected chi connectivity index (χ1v) is 10.4. The number of thiocarbonyl (C=S) groups is 1. The summed E-state index contributed by atoms with van der Waals surface area (Å²) in [4.78, 5) is 14.5. The summed E-state index contributed by atoms with van der Waals surface area (Å²) in [5.74, 6) is 0.162. The number of benzene rings is 2. The van der Waals surface area contributed by atoms with Crippen molar-refractivity contribution in [1.29, 1.82) is 0 Å². The number of ether oxygens (including phenoxy) is 1. The maximum atomic E-state index is 13.2. The summed E-state index contributed by atoms with van der Waals surface area (Å²) in [5.41, 5.74) is 0.400. The molecule has 0 spiro atoms. The van der Waals surface area contributed by atoms with Crippen molar-refractivity contribution < 1.29 is 22.7 Å². The molecule has 0 atom stereocenters. The Hall–Kier alpha value is -2.81. The van der Waals surface area contributed by atoms with Gasteiger partial charge in [-0.25, -0.2) is 0 Å². The van der Waals surface area contributed by atoms with Crippen molar-refractivity contribution in [3.63, 3.8) is 0 Å². The zero-order valence-corrected chi connectivity index (χ0v) is 18.1. The number of amides is 1. The van der Waals surface area contributed by atoms with Gasteiger partial charge in [0.15, 0.2) is 5.11 Å². The van der Waals surface area contributed by atoms with Gasteiger partial charge in [0.05, 0.1) is 23.0 Å². The molecular weight excluding hydrogens is 427 g/mol. The van der Waals surface area contributed by atoms with E-state index in [1.807, 2.05) is 18.7 Å². The van der Waals surface area contributed by atoms with E-state index in [2.05, 4.69) is 10.6 Å². The molecule has 2 aromatic carbocycles. The molecule has 0 saturated carbocycles. The van der Waals surface area contributed by atoms with Crippen LogP contribution in [0.15, 0.2) is 42.5 Å². The summed E-state index contributed by atoms with van der Waals surface area (Å²) in [7, 11) is 0. The van der Waals surface area contributed by atoms with Gasteiger partial charge < -0.3 is 15.0 Å². The third-order valence-electron chi connectivity index (χ3n) is 4.73. The van der Waals surface area contributed by atoms with E-state index < -0.39 is 17.6 Å². The largest absolute Gasteiger partial charge is 0.491 e. The van der Waals surface area contributed by atoms with Gasteiger partial charge in [-0.1, -0.05) is 0 Å². The first kappa shape index (κ1) is 22.9. The summed E-state index contributed by atoms with van der Waals surface area (Å²) >= 11 is 5.20. The quantitative estimate of drug-likeness (QED) is 0.611. The second kappa shape index (κ2) is 9.55. The molecule has 2 N–H and O–H groups in total. The maximum Gasteiger partial charge on any atom is 0.416 e. The second-order valence-electron chi connectivity index (χ2n) is 7.52. The van der Waals surface area contributed by atoms with E-state index in [1.54, 1.807) is 24.3 Å². The lowest BCUT2D eigenvalue weighted by molar-refractivity contribution is -0.137. The molecule has 1 amide bonds. The Kier molecular flexibility index (Phi) is 7.04. The molecule has 0 bridgehead atoms. The number of rotatable bonds is 5. The van der Waals surface area contributed by atoms with Gasteiger partial charge >= 0.3 is 6.18 Å². The van der Waals surface area contributed by atoms with Gasteiger partial charge in [0.2, 0.25) is 0 Å². The maximum absolute atomic E-state index is 13.2. The number of nitrogens with one attached hydrogen (secondary N) is 2. The molecule has 1 heterocycles. The van der Waals surface area contributed by atoms with Gasteiger partial charge in [0, 0.05) is 18.7 Å². The Bertz CT molecular complexity index is 940. The van der Waals surface area contributed by atoms with Crippen molar-refractivity contribution in [1.82, 2.24) is 5.32 Å². The molecule has 31 heavy (non-hydrogen) atoms. The zero-order valence-electron chi connectivity index (χ0n) is 17.3. The highest BCUT2D eigenvalue weighted by atomic mass is 32.1. The second-order valence-corrected chi connectivity index (χ2v) is 7.93. The number of hydrogen-bond donors (Lipinski definition) is 2. The van der Waals surface area contributed by atoms with Gasteiger partial charge in [-0.3, -0.25) is 10.1 Å². The zero-order chi connectivity index (χ0) is 22.6. The molecule has 0 unspecified atom stereocenters. The minimum Gasteiger partial charge on any atom is -0.491 e. The van der Waals surface area contributed by atoms with Crippen LogP contribution in [0.5, 0.6) is 5.75 Å². The predicted molar refractivity (Wildman–Crippen MR) is 119 cm³/mol. The Morgan fingerprint density at radius 2 is 1.74 bits per heavy atom. The van der Waals surface area contributed by atoms with Gasteiger partial charge in [-0.2, -0.15) is 13.2 Å². The molecular formula is C22H24F3N3O2S. The normalized spacial score (nSPS) is 13.9. The van der Waals surface area contributed by atoms with Crippen molar-refractivity contribution in [2.75, 3.05) is 23.3 Å². The minimum absolute atomic E-state index is 0.00807. The first-order valence-electron chi connectivity index (χ1n) is 9.99. The lowest BCUT2D eigenvalue weighted by Crippen LogP contribution is -2.34. The molecule has 2 aromatic rings. The molecule has 5 nitrogen and oxygen atoms in total. The van der Waals surface area contributed by atoms with E-state index in [1.165, 1.54) is 6.07 Å². The third kappa shape index (κ3) is 6.10. The van der Waals surface area contributed by atoms with Gasteiger partial charge in [0.25, 0.3) is 5.91 Å². The average molecular weight is 452 g/mol. The van der Waals surface area contributed by atoms with Crippen LogP contribution in [0.3, 0.4) is 0 Å². The summed E-state index contributed by atoms with van der Waals surface area (Å²) in [6, 6.07) is 10.0. The van der Waals surface area contributed by atoms with Crippen molar-refractivity contribution >= 4 is 34.6 Å². The number of nitrogens with zero attached hydrogens (tertiary/aromatic N) is 1. The molecule has 3 rings (SSSR count). The van der Waals surface area contributed by atoms with Crippen LogP contribution in [-0.4, -0.2) is 30.2 Å². The molecule has 1 fully saturated rings. The van der Waals surface area contributed by atoms with Crippen LogP contribution in [0.1, 0.15) is 42.6 Å². The Morgan fingerprint density at radius 1 is 1.10 bits per heavy atom. The SMILES string of the molecule is CC(C)Oc1ccc(C(=O)NC(=S)Nc2cc(C(F)(F)F)ccc2N2CCCC2)cc1. The third-order valence-corrected chi connectivity index (χ3v) is 4.94. The summed E-state index contributed by atoms with van der Waals surface area (Å²) < 4.78 is 45.2. The smallest absolute Gasteiger partial charge is 0.416 e.